The molecule has 0 heterocycles. The third kappa shape index (κ3) is 2.35. The van der Waals surface area contributed by atoms with Crippen molar-refractivity contribution in [3.8, 4) is 0 Å². The van der Waals surface area contributed by atoms with Gasteiger partial charge >= 0.3 is 6.18 Å². The number of nitrogens with two attached hydrogens (primary N) is 1. The van der Waals surface area contributed by atoms with Crippen LogP contribution in [0.3, 0.4) is 0 Å². The number of rotatable bonds is 1. The third-order valence-corrected chi connectivity index (χ3v) is 2.37. The number of hydrogen-bond donors (Lipinski definition) is 2. The largest absolute Gasteiger partial charge is 0.391 e. The van der Waals surface area contributed by atoms with Crippen molar-refractivity contribution in [1.29, 1.82) is 0 Å². The van der Waals surface area contributed by atoms with Gasteiger partial charge < -0.3 is 0 Å². The molecule has 0 aromatic heterocycles. The lowest BCUT2D eigenvalue weighted by Crippen LogP contribution is -2.41. The monoisotopic (exact) mass is 182 g/mol. The van der Waals surface area contributed by atoms with Crippen molar-refractivity contribution in [2.75, 3.05) is 0 Å². The summed E-state index contributed by atoms with van der Waals surface area (Å²) in [6.07, 6.45) is -2.31. The van der Waals surface area contributed by atoms with E-state index < -0.39 is 12.1 Å². The lowest BCUT2D eigenvalue weighted by atomic mass is 9.85. The Labute approximate surface area is 69.3 Å². The smallest absolute Gasteiger partial charge is 0.271 e. The number of halogens is 3. The van der Waals surface area contributed by atoms with Gasteiger partial charge in [-0.1, -0.05) is 6.42 Å². The average Bonchev–Trinajstić information content (AvgIpc) is 2.03. The van der Waals surface area contributed by atoms with Crippen molar-refractivity contribution in [3.05, 3.63) is 0 Å². The van der Waals surface area contributed by atoms with Crippen LogP contribution in [-0.4, -0.2) is 12.2 Å². The lowest BCUT2D eigenvalue weighted by molar-refractivity contribution is -0.183. The highest BCUT2D eigenvalue weighted by molar-refractivity contribution is 4.80. The van der Waals surface area contributed by atoms with Crippen LogP contribution in [0.1, 0.15) is 25.7 Å². The van der Waals surface area contributed by atoms with Crippen LogP contribution in [0.25, 0.3) is 0 Å². The molecule has 5 heteroatoms. The van der Waals surface area contributed by atoms with Gasteiger partial charge in [0, 0.05) is 6.04 Å². The van der Waals surface area contributed by atoms with E-state index in [0.29, 0.717) is 6.42 Å². The minimum Gasteiger partial charge on any atom is -0.271 e. The van der Waals surface area contributed by atoms with Gasteiger partial charge in [-0.25, -0.2) is 0 Å². The first-order valence-electron chi connectivity index (χ1n) is 4.07. The highest BCUT2D eigenvalue weighted by Crippen LogP contribution is 2.37. The van der Waals surface area contributed by atoms with E-state index in [2.05, 4.69) is 5.43 Å². The molecule has 0 aliphatic heterocycles. The zero-order chi connectivity index (χ0) is 9.19. The Bertz CT molecular complexity index is 146. The van der Waals surface area contributed by atoms with Crippen molar-refractivity contribution in [2.45, 2.75) is 37.9 Å². The zero-order valence-corrected chi connectivity index (χ0v) is 6.69. The molecule has 12 heavy (non-hydrogen) atoms. The molecule has 2 nitrogen and oxygen atoms in total. The molecule has 1 aliphatic carbocycles. The van der Waals surface area contributed by atoms with Crippen LogP contribution in [-0.2, 0) is 0 Å². The Morgan fingerprint density at radius 1 is 1.25 bits per heavy atom. The van der Waals surface area contributed by atoms with Crippen molar-refractivity contribution < 1.29 is 13.2 Å². The second-order valence-corrected chi connectivity index (χ2v) is 3.27. The number of hydrazine groups is 1. The number of nitrogens with one attached hydrogen (secondary N) is 1. The molecule has 0 radical (unpaired) electrons. The average molecular weight is 182 g/mol. The minimum atomic E-state index is -4.05. The maximum absolute atomic E-state index is 12.2. The predicted molar refractivity (Wildman–Crippen MR) is 39.1 cm³/mol. The summed E-state index contributed by atoms with van der Waals surface area (Å²) in [5.74, 6) is 3.93. The minimum absolute atomic E-state index is 0.125. The first kappa shape index (κ1) is 9.80. The lowest BCUT2D eigenvalue weighted by Gasteiger charge is -2.29. The summed E-state index contributed by atoms with van der Waals surface area (Å²) < 4.78 is 36.5. The summed E-state index contributed by atoms with van der Waals surface area (Å²) in [5, 5.41) is 0. The van der Waals surface area contributed by atoms with E-state index in [1.165, 1.54) is 0 Å². The Hall–Kier alpha value is -0.290. The predicted octanol–water partition coefficient (Wildman–Crippen LogP) is 1.57. The van der Waals surface area contributed by atoms with E-state index in [1.54, 1.807) is 0 Å². The normalized spacial score (nSPS) is 32.0. The van der Waals surface area contributed by atoms with Crippen molar-refractivity contribution in [2.24, 2.45) is 11.8 Å². The molecular weight excluding hydrogens is 169 g/mol. The summed E-state index contributed by atoms with van der Waals surface area (Å²) in [6.45, 7) is 0. The second-order valence-electron chi connectivity index (χ2n) is 3.27. The van der Waals surface area contributed by atoms with Crippen LogP contribution in [0.2, 0.25) is 0 Å². The van der Waals surface area contributed by atoms with Crippen molar-refractivity contribution in [3.63, 3.8) is 0 Å². The molecule has 1 aliphatic rings. The fourth-order valence-electron chi connectivity index (χ4n) is 1.64. The molecule has 3 N–H and O–H groups in total. The number of hydrogen-bond acceptors (Lipinski definition) is 2. The van der Waals surface area contributed by atoms with E-state index in [0.717, 1.165) is 6.42 Å². The first-order chi connectivity index (χ1) is 5.54. The molecule has 0 unspecified atom stereocenters. The van der Waals surface area contributed by atoms with Gasteiger partial charge in [0.15, 0.2) is 0 Å². The maximum atomic E-state index is 12.2. The second kappa shape index (κ2) is 3.62. The zero-order valence-electron chi connectivity index (χ0n) is 6.69. The van der Waals surface area contributed by atoms with Crippen LogP contribution in [0, 0.1) is 5.92 Å². The molecule has 1 fully saturated rings. The van der Waals surface area contributed by atoms with Gasteiger partial charge in [0.25, 0.3) is 0 Å². The summed E-state index contributed by atoms with van der Waals surface area (Å²) >= 11 is 0. The fourth-order valence-corrected chi connectivity index (χ4v) is 1.64. The van der Waals surface area contributed by atoms with E-state index in [9.17, 15) is 13.2 Å². The topological polar surface area (TPSA) is 38.0 Å². The molecule has 0 aromatic carbocycles. The first-order valence-corrected chi connectivity index (χ1v) is 4.07. The molecule has 0 spiro atoms. The summed E-state index contributed by atoms with van der Waals surface area (Å²) in [4.78, 5) is 0. The molecule has 0 bridgehead atoms. The fraction of sp³-hybridized carbons (Fsp3) is 1.00. The van der Waals surface area contributed by atoms with E-state index in [4.69, 9.17) is 5.84 Å². The summed E-state index contributed by atoms with van der Waals surface area (Å²) in [5.41, 5.74) is 2.41. The van der Waals surface area contributed by atoms with Gasteiger partial charge in [0.2, 0.25) is 0 Å². The van der Waals surface area contributed by atoms with Gasteiger partial charge in [-0.3, -0.25) is 11.3 Å². The van der Waals surface area contributed by atoms with E-state index in [-0.39, 0.29) is 18.9 Å². The SMILES string of the molecule is NN[C@@H]1CCC[C@H](C(F)(F)F)C1. The Morgan fingerprint density at radius 3 is 2.42 bits per heavy atom. The molecule has 72 valence electrons. The van der Waals surface area contributed by atoms with Gasteiger partial charge in [-0.05, 0) is 19.3 Å². The number of alkyl halides is 3. The van der Waals surface area contributed by atoms with Gasteiger partial charge in [0.1, 0.15) is 0 Å². The summed E-state index contributed by atoms with van der Waals surface area (Å²) in [7, 11) is 0. The van der Waals surface area contributed by atoms with Crippen LogP contribution < -0.4 is 11.3 Å². The maximum Gasteiger partial charge on any atom is 0.391 e. The molecule has 2 atom stereocenters. The Morgan fingerprint density at radius 2 is 1.92 bits per heavy atom. The highest BCUT2D eigenvalue weighted by atomic mass is 19.4. The molecule has 0 amide bonds. The molecule has 1 saturated carbocycles. The molecule has 0 saturated heterocycles. The van der Waals surface area contributed by atoms with Gasteiger partial charge in [-0.15, -0.1) is 0 Å². The van der Waals surface area contributed by atoms with Crippen LogP contribution in [0.4, 0.5) is 13.2 Å². The summed E-state index contributed by atoms with van der Waals surface area (Å²) in [6, 6.07) is -0.162. The molecule has 0 aromatic rings. The highest BCUT2D eigenvalue weighted by Gasteiger charge is 2.41. The van der Waals surface area contributed by atoms with E-state index >= 15 is 0 Å². The van der Waals surface area contributed by atoms with Crippen LogP contribution >= 0.6 is 0 Å². The standard InChI is InChI=1S/C7H13F3N2/c8-7(9,10)5-2-1-3-6(4-5)12-11/h5-6,12H,1-4,11H2/t5-,6+/m0/s1. The van der Waals surface area contributed by atoms with Crippen LogP contribution in [0.5, 0.6) is 0 Å². The van der Waals surface area contributed by atoms with Crippen LogP contribution in [0.15, 0.2) is 0 Å². The Kier molecular flexibility index (Phi) is 2.95. The molecular formula is C7H13F3N2. The van der Waals surface area contributed by atoms with Crippen molar-refractivity contribution in [1.82, 2.24) is 5.43 Å². The Balaban J connectivity index is 2.46. The van der Waals surface area contributed by atoms with Crippen molar-refractivity contribution >= 4 is 0 Å². The third-order valence-electron chi connectivity index (χ3n) is 2.37. The van der Waals surface area contributed by atoms with E-state index in [1.807, 2.05) is 0 Å². The molecule has 1 rings (SSSR count). The quantitative estimate of drug-likeness (QED) is 0.477. The van der Waals surface area contributed by atoms with Gasteiger partial charge in [-0.2, -0.15) is 13.2 Å². The van der Waals surface area contributed by atoms with Gasteiger partial charge in [0.05, 0.1) is 5.92 Å².